The Bertz CT molecular complexity index is 4260. The number of nitrogens with zero attached hydrogens (tertiary/aromatic N) is 4. The normalized spacial score (nSPS) is 12.1. The van der Waals surface area contributed by atoms with Crippen molar-refractivity contribution in [3.63, 3.8) is 0 Å². The standard InChI is InChI=1S/C59H34N4O/c1-2-15-36(16-3-1)57-60-58(62-59(61-57)51-31-39-19-7-8-20-41(39)43-22-10-11-23-44(43)51)40-27-29-54-49(32-40)50-34-53(45-24-12-13-25-47(45)56(50)64-54)63-52-33-38-18-5-4-17-37(38)30-48(52)46-28-26-35-14-6-9-21-42(35)55(46)63/h1-34H. The summed E-state index contributed by atoms with van der Waals surface area (Å²) in [6, 6.07) is 73.4. The summed E-state index contributed by atoms with van der Waals surface area (Å²) < 4.78 is 9.33. The summed E-state index contributed by atoms with van der Waals surface area (Å²) in [5.41, 5.74) is 7.88. The van der Waals surface area contributed by atoms with E-state index in [9.17, 15) is 0 Å². The van der Waals surface area contributed by atoms with E-state index in [1.807, 2.05) is 18.2 Å². The van der Waals surface area contributed by atoms with Gasteiger partial charge in [-0.05, 0) is 80.2 Å². The van der Waals surface area contributed by atoms with Gasteiger partial charge in [0.25, 0.3) is 0 Å². The average molecular weight is 815 g/mol. The Morgan fingerprint density at radius 1 is 0.328 bits per heavy atom. The zero-order valence-corrected chi connectivity index (χ0v) is 34.3. The molecule has 0 atom stereocenters. The molecular formula is C59H34N4O. The van der Waals surface area contributed by atoms with E-state index < -0.39 is 0 Å². The van der Waals surface area contributed by atoms with Gasteiger partial charge in [0, 0.05) is 54.4 Å². The van der Waals surface area contributed by atoms with E-state index in [0.717, 1.165) is 76.8 Å². The Labute approximate surface area is 366 Å². The fourth-order valence-electron chi connectivity index (χ4n) is 10.2. The number of benzene rings is 11. The van der Waals surface area contributed by atoms with Crippen LogP contribution in [0.3, 0.4) is 0 Å². The lowest BCUT2D eigenvalue weighted by atomic mass is 9.97. The third-order valence-corrected chi connectivity index (χ3v) is 13.1. The van der Waals surface area contributed by atoms with Crippen LogP contribution in [0, 0.1) is 0 Å². The first kappa shape index (κ1) is 35.0. The van der Waals surface area contributed by atoms with Crippen molar-refractivity contribution in [1.82, 2.24) is 19.5 Å². The fraction of sp³-hybridized carbons (Fsp3) is 0. The summed E-state index contributed by atoms with van der Waals surface area (Å²) in [5, 5.41) is 16.1. The Kier molecular flexibility index (Phi) is 7.33. The zero-order chi connectivity index (χ0) is 41.9. The summed E-state index contributed by atoms with van der Waals surface area (Å²) in [4.78, 5) is 15.7. The monoisotopic (exact) mass is 814 g/mol. The number of fused-ring (bicyclic) bond motifs is 14. The molecule has 11 aromatic carbocycles. The Hall–Kier alpha value is -8.67. The van der Waals surface area contributed by atoms with E-state index in [-0.39, 0.29) is 0 Å². The van der Waals surface area contributed by atoms with Crippen molar-refractivity contribution in [2.45, 2.75) is 0 Å². The van der Waals surface area contributed by atoms with E-state index in [1.165, 1.54) is 43.2 Å². The number of aromatic nitrogens is 4. The van der Waals surface area contributed by atoms with Crippen LogP contribution in [0.5, 0.6) is 0 Å². The van der Waals surface area contributed by atoms with Crippen LogP contribution in [-0.2, 0) is 0 Å². The zero-order valence-electron chi connectivity index (χ0n) is 34.3. The van der Waals surface area contributed by atoms with Crippen molar-refractivity contribution >= 4 is 97.6 Å². The molecule has 296 valence electrons. The van der Waals surface area contributed by atoms with Crippen molar-refractivity contribution < 1.29 is 4.42 Å². The van der Waals surface area contributed by atoms with Crippen LogP contribution >= 0.6 is 0 Å². The number of hydrogen-bond donors (Lipinski definition) is 0. The lowest BCUT2D eigenvalue weighted by molar-refractivity contribution is 0.672. The van der Waals surface area contributed by atoms with Crippen LogP contribution in [0.2, 0.25) is 0 Å². The van der Waals surface area contributed by atoms with Gasteiger partial charge in [-0.15, -0.1) is 0 Å². The van der Waals surface area contributed by atoms with E-state index in [1.54, 1.807) is 0 Å². The molecule has 0 fully saturated rings. The van der Waals surface area contributed by atoms with Gasteiger partial charge in [0.15, 0.2) is 17.5 Å². The highest BCUT2D eigenvalue weighted by Crippen LogP contribution is 2.44. The number of furan rings is 1. The third kappa shape index (κ3) is 5.15. The molecule has 14 rings (SSSR count). The minimum absolute atomic E-state index is 0.596. The second-order valence-electron chi connectivity index (χ2n) is 16.7. The molecule has 0 saturated heterocycles. The third-order valence-electron chi connectivity index (χ3n) is 13.1. The Morgan fingerprint density at radius 3 is 1.77 bits per heavy atom. The van der Waals surface area contributed by atoms with Gasteiger partial charge in [0.05, 0.1) is 16.7 Å². The molecule has 0 aliphatic carbocycles. The summed E-state index contributed by atoms with van der Waals surface area (Å²) >= 11 is 0. The molecule has 0 aliphatic heterocycles. The fourth-order valence-corrected chi connectivity index (χ4v) is 10.2. The number of rotatable bonds is 4. The van der Waals surface area contributed by atoms with Gasteiger partial charge in [0.2, 0.25) is 0 Å². The van der Waals surface area contributed by atoms with Crippen LogP contribution in [0.4, 0.5) is 0 Å². The molecule has 5 nitrogen and oxygen atoms in total. The first-order valence-corrected chi connectivity index (χ1v) is 21.7. The van der Waals surface area contributed by atoms with Crippen LogP contribution in [0.1, 0.15) is 0 Å². The molecule has 0 N–H and O–H groups in total. The first-order valence-electron chi connectivity index (χ1n) is 21.7. The summed E-state index contributed by atoms with van der Waals surface area (Å²) in [6.45, 7) is 0. The molecule has 0 saturated carbocycles. The maximum absolute atomic E-state index is 6.84. The molecule has 3 heterocycles. The van der Waals surface area contributed by atoms with Gasteiger partial charge in [-0.1, -0.05) is 164 Å². The smallest absolute Gasteiger partial charge is 0.164 e. The SMILES string of the molecule is c1ccc(-c2nc(-c3ccc4oc5c6ccccc6c(-n6c7cc8ccccc8cc7c7ccc8ccccc8c76)cc5c4c3)nc(-c3cc4ccccc4c4ccccc34)n2)cc1. The molecule has 0 radical (unpaired) electrons. The van der Waals surface area contributed by atoms with E-state index in [4.69, 9.17) is 19.4 Å². The van der Waals surface area contributed by atoms with Gasteiger partial charge < -0.3 is 8.98 Å². The minimum atomic E-state index is 0.596. The molecule has 0 aliphatic rings. The van der Waals surface area contributed by atoms with Gasteiger partial charge in [-0.3, -0.25) is 0 Å². The molecule has 3 aromatic heterocycles. The lowest BCUT2D eigenvalue weighted by Gasteiger charge is -2.14. The lowest BCUT2D eigenvalue weighted by Crippen LogP contribution is -2.00. The molecule has 14 aromatic rings. The first-order chi connectivity index (χ1) is 31.7. The van der Waals surface area contributed by atoms with Gasteiger partial charge in [-0.25, -0.2) is 15.0 Å². The predicted octanol–water partition coefficient (Wildman–Crippen LogP) is 15.6. The topological polar surface area (TPSA) is 56.7 Å². The maximum atomic E-state index is 6.84. The molecular weight excluding hydrogens is 781 g/mol. The molecule has 64 heavy (non-hydrogen) atoms. The molecule has 0 spiro atoms. The summed E-state index contributed by atoms with van der Waals surface area (Å²) in [7, 11) is 0. The quantitative estimate of drug-likeness (QED) is 0.166. The highest BCUT2D eigenvalue weighted by atomic mass is 16.3. The second-order valence-corrected chi connectivity index (χ2v) is 16.7. The summed E-state index contributed by atoms with van der Waals surface area (Å²) in [6.07, 6.45) is 0. The predicted molar refractivity (Wildman–Crippen MR) is 265 cm³/mol. The van der Waals surface area contributed by atoms with Crippen molar-refractivity contribution in [2.75, 3.05) is 0 Å². The summed E-state index contributed by atoms with van der Waals surface area (Å²) in [5.74, 6) is 1.84. The molecule has 5 heteroatoms. The second kappa shape index (κ2) is 13.4. The van der Waals surface area contributed by atoms with Gasteiger partial charge >= 0.3 is 0 Å². The molecule has 0 bridgehead atoms. The Balaban J connectivity index is 1.05. The van der Waals surface area contributed by atoms with E-state index in [0.29, 0.717) is 17.5 Å². The van der Waals surface area contributed by atoms with Crippen molar-refractivity contribution in [2.24, 2.45) is 0 Å². The van der Waals surface area contributed by atoms with Crippen LogP contribution < -0.4 is 0 Å². The van der Waals surface area contributed by atoms with E-state index in [2.05, 4.69) is 193 Å². The molecule has 0 unspecified atom stereocenters. The van der Waals surface area contributed by atoms with Crippen molar-refractivity contribution in [3.05, 3.63) is 206 Å². The van der Waals surface area contributed by atoms with Crippen LogP contribution in [0.25, 0.3) is 137 Å². The highest BCUT2D eigenvalue weighted by Gasteiger charge is 2.22. The van der Waals surface area contributed by atoms with Crippen molar-refractivity contribution in [1.29, 1.82) is 0 Å². The van der Waals surface area contributed by atoms with Gasteiger partial charge in [0.1, 0.15) is 11.2 Å². The highest BCUT2D eigenvalue weighted by molar-refractivity contribution is 6.24. The van der Waals surface area contributed by atoms with Crippen LogP contribution in [-0.4, -0.2) is 19.5 Å². The Morgan fingerprint density at radius 2 is 0.953 bits per heavy atom. The minimum Gasteiger partial charge on any atom is -0.455 e. The maximum Gasteiger partial charge on any atom is 0.164 e. The number of hydrogen-bond acceptors (Lipinski definition) is 4. The average Bonchev–Trinajstić information content (AvgIpc) is 3.90. The van der Waals surface area contributed by atoms with Crippen molar-refractivity contribution in [3.8, 4) is 39.9 Å². The van der Waals surface area contributed by atoms with E-state index >= 15 is 0 Å². The molecule has 0 amide bonds. The van der Waals surface area contributed by atoms with Gasteiger partial charge in [-0.2, -0.15) is 0 Å². The van der Waals surface area contributed by atoms with Crippen LogP contribution in [0.15, 0.2) is 211 Å². The largest absolute Gasteiger partial charge is 0.455 e.